The largest absolute Gasteiger partial charge is 0.353 e. The second-order valence-electron chi connectivity index (χ2n) is 4.39. The molecule has 2 N–H and O–H groups in total. The summed E-state index contributed by atoms with van der Waals surface area (Å²) >= 11 is 0. The van der Waals surface area contributed by atoms with Gasteiger partial charge in [-0.15, -0.1) is 0 Å². The summed E-state index contributed by atoms with van der Waals surface area (Å²) in [7, 11) is 0. The van der Waals surface area contributed by atoms with E-state index in [0.717, 1.165) is 17.1 Å². The van der Waals surface area contributed by atoms with Crippen LogP contribution in [0.15, 0.2) is 48.9 Å². The van der Waals surface area contributed by atoms with Crippen molar-refractivity contribution in [1.29, 1.82) is 0 Å². The fraction of sp³-hybridized carbons (Fsp3) is 0. The van der Waals surface area contributed by atoms with Crippen molar-refractivity contribution in [2.75, 3.05) is 5.32 Å². The lowest BCUT2D eigenvalue weighted by molar-refractivity contribution is 1.30. The summed E-state index contributed by atoms with van der Waals surface area (Å²) in [4.78, 5) is 7.27. The molecule has 1 aromatic heterocycles. The van der Waals surface area contributed by atoms with Crippen molar-refractivity contribution in [1.82, 2.24) is 9.97 Å². The third-order valence-corrected chi connectivity index (χ3v) is 3.28. The molecule has 0 unspecified atom stereocenters. The van der Waals surface area contributed by atoms with E-state index in [2.05, 4.69) is 57.8 Å². The Balaban J connectivity index is 2.00. The van der Waals surface area contributed by atoms with Crippen LogP contribution in [-0.4, -0.2) is 9.97 Å². The molecule has 3 heteroatoms. The van der Waals surface area contributed by atoms with Crippen LogP contribution in [0.5, 0.6) is 0 Å². The quantitative estimate of drug-likeness (QED) is 0.675. The number of H-pyrrole nitrogens is 1. The highest BCUT2D eigenvalue weighted by atomic mass is 15.0. The standard InChI is InChI=1S/C15H11N3/c1-3-10-4-2-6-12-15(10)11(5-1)7-13(18-12)14-8-16-9-17-14/h1-9,18H,(H,16,17). The molecule has 0 radical (unpaired) electrons. The van der Waals surface area contributed by atoms with Crippen LogP contribution < -0.4 is 5.32 Å². The van der Waals surface area contributed by atoms with Crippen LogP contribution >= 0.6 is 0 Å². The second kappa shape index (κ2) is 3.47. The topological polar surface area (TPSA) is 40.7 Å². The van der Waals surface area contributed by atoms with Gasteiger partial charge in [0.05, 0.1) is 12.0 Å². The third kappa shape index (κ3) is 1.27. The van der Waals surface area contributed by atoms with Crippen molar-refractivity contribution in [3.63, 3.8) is 0 Å². The van der Waals surface area contributed by atoms with Gasteiger partial charge in [-0.05, 0) is 23.1 Å². The highest BCUT2D eigenvalue weighted by Gasteiger charge is 2.14. The molecule has 86 valence electrons. The van der Waals surface area contributed by atoms with Gasteiger partial charge in [-0.1, -0.05) is 30.3 Å². The number of nitrogens with zero attached hydrogens (tertiary/aromatic N) is 1. The lowest BCUT2D eigenvalue weighted by Crippen LogP contribution is -2.04. The third-order valence-electron chi connectivity index (χ3n) is 3.28. The number of benzene rings is 2. The van der Waals surface area contributed by atoms with Crippen LogP contribution in [0.3, 0.4) is 0 Å². The first-order valence-electron chi connectivity index (χ1n) is 5.91. The number of aromatic amines is 1. The molecule has 0 amide bonds. The second-order valence-corrected chi connectivity index (χ2v) is 4.39. The average molecular weight is 233 g/mol. The monoisotopic (exact) mass is 233 g/mol. The fourth-order valence-corrected chi connectivity index (χ4v) is 2.48. The first kappa shape index (κ1) is 9.48. The lowest BCUT2D eigenvalue weighted by atomic mass is 9.98. The van der Waals surface area contributed by atoms with Gasteiger partial charge in [-0.25, -0.2) is 4.98 Å². The zero-order chi connectivity index (χ0) is 11.9. The van der Waals surface area contributed by atoms with Gasteiger partial charge in [0.25, 0.3) is 0 Å². The predicted molar refractivity (Wildman–Crippen MR) is 74.0 cm³/mol. The van der Waals surface area contributed by atoms with Crippen LogP contribution in [0.2, 0.25) is 0 Å². The minimum absolute atomic E-state index is 0.932. The summed E-state index contributed by atoms with van der Waals surface area (Å²) < 4.78 is 0. The van der Waals surface area contributed by atoms with Crippen molar-refractivity contribution < 1.29 is 0 Å². The van der Waals surface area contributed by atoms with Crippen molar-refractivity contribution in [2.24, 2.45) is 0 Å². The van der Waals surface area contributed by atoms with Gasteiger partial charge in [0.1, 0.15) is 5.69 Å². The fourth-order valence-electron chi connectivity index (χ4n) is 2.48. The summed E-state index contributed by atoms with van der Waals surface area (Å²) in [6.45, 7) is 0. The summed E-state index contributed by atoms with van der Waals surface area (Å²) in [6.07, 6.45) is 5.73. The number of imidazole rings is 1. The minimum atomic E-state index is 0.932. The molecule has 2 aromatic carbocycles. The molecule has 4 rings (SSSR count). The Bertz CT molecular complexity index is 749. The molecule has 0 aliphatic carbocycles. The van der Waals surface area contributed by atoms with E-state index in [1.807, 2.05) is 6.20 Å². The Morgan fingerprint density at radius 3 is 2.72 bits per heavy atom. The van der Waals surface area contributed by atoms with Crippen LogP contribution in [0.1, 0.15) is 11.3 Å². The molecular formula is C15H11N3. The van der Waals surface area contributed by atoms with Gasteiger partial charge in [0.2, 0.25) is 0 Å². The number of aromatic nitrogens is 2. The molecule has 0 saturated heterocycles. The predicted octanol–water partition coefficient (Wildman–Crippen LogP) is 3.49. The molecule has 18 heavy (non-hydrogen) atoms. The van der Waals surface area contributed by atoms with E-state index in [-0.39, 0.29) is 0 Å². The van der Waals surface area contributed by atoms with E-state index in [9.17, 15) is 0 Å². The number of hydrogen-bond acceptors (Lipinski definition) is 2. The number of rotatable bonds is 1. The highest BCUT2D eigenvalue weighted by Crippen LogP contribution is 2.35. The maximum atomic E-state index is 4.29. The molecule has 2 heterocycles. The van der Waals surface area contributed by atoms with E-state index in [4.69, 9.17) is 0 Å². The van der Waals surface area contributed by atoms with Gasteiger partial charge >= 0.3 is 0 Å². The van der Waals surface area contributed by atoms with E-state index in [1.54, 1.807) is 6.33 Å². The zero-order valence-electron chi connectivity index (χ0n) is 9.64. The lowest BCUT2D eigenvalue weighted by Gasteiger charge is -2.18. The minimum Gasteiger partial charge on any atom is -0.353 e. The van der Waals surface area contributed by atoms with Gasteiger partial charge in [-0.3, -0.25) is 0 Å². The van der Waals surface area contributed by atoms with Crippen molar-refractivity contribution in [2.45, 2.75) is 0 Å². The van der Waals surface area contributed by atoms with E-state index >= 15 is 0 Å². The first-order valence-corrected chi connectivity index (χ1v) is 5.91. The molecule has 0 spiro atoms. The van der Waals surface area contributed by atoms with Gasteiger partial charge in [0, 0.05) is 17.3 Å². The van der Waals surface area contributed by atoms with Crippen molar-refractivity contribution in [3.8, 4) is 0 Å². The van der Waals surface area contributed by atoms with Crippen LogP contribution in [-0.2, 0) is 0 Å². The van der Waals surface area contributed by atoms with Crippen LogP contribution in [0.25, 0.3) is 22.5 Å². The first-order chi connectivity index (χ1) is 8.92. The zero-order valence-corrected chi connectivity index (χ0v) is 9.64. The van der Waals surface area contributed by atoms with Gasteiger partial charge < -0.3 is 10.3 Å². The molecule has 1 aliphatic rings. The van der Waals surface area contributed by atoms with Crippen LogP contribution in [0, 0.1) is 0 Å². The molecule has 3 aromatic rings. The molecule has 0 saturated carbocycles. The Morgan fingerprint density at radius 2 is 1.89 bits per heavy atom. The highest BCUT2D eigenvalue weighted by molar-refractivity contribution is 6.09. The smallest absolute Gasteiger partial charge is 0.104 e. The van der Waals surface area contributed by atoms with Gasteiger partial charge in [0.15, 0.2) is 0 Å². The summed E-state index contributed by atoms with van der Waals surface area (Å²) in [5, 5.41) is 5.98. The maximum absolute atomic E-state index is 4.29. The van der Waals surface area contributed by atoms with E-state index < -0.39 is 0 Å². The van der Waals surface area contributed by atoms with Crippen molar-refractivity contribution >= 4 is 28.2 Å². The molecule has 0 fully saturated rings. The Hall–Kier alpha value is -2.55. The van der Waals surface area contributed by atoms with Crippen molar-refractivity contribution in [3.05, 3.63) is 60.2 Å². The maximum Gasteiger partial charge on any atom is 0.104 e. The summed E-state index contributed by atoms with van der Waals surface area (Å²) in [5.41, 5.74) is 4.34. The van der Waals surface area contributed by atoms with Crippen LogP contribution in [0.4, 0.5) is 5.69 Å². The molecule has 3 nitrogen and oxygen atoms in total. The number of anilines is 1. The van der Waals surface area contributed by atoms with E-state index in [0.29, 0.717) is 0 Å². The van der Waals surface area contributed by atoms with E-state index in [1.165, 1.54) is 16.3 Å². The summed E-state index contributed by atoms with van der Waals surface area (Å²) in [5.74, 6) is 0. The Morgan fingerprint density at radius 1 is 1.00 bits per heavy atom. The molecule has 0 bridgehead atoms. The Labute approximate surface area is 104 Å². The molecule has 0 atom stereocenters. The Kier molecular flexibility index (Phi) is 1.83. The van der Waals surface area contributed by atoms with Gasteiger partial charge in [-0.2, -0.15) is 0 Å². The normalized spacial score (nSPS) is 13.2. The summed E-state index contributed by atoms with van der Waals surface area (Å²) in [6, 6.07) is 12.7. The number of nitrogens with one attached hydrogen (secondary N) is 2. The average Bonchev–Trinajstić information content (AvgIpc) is 2.93. The molecule has 1 aliphatic heterocycles. The number of hydrogen-bond donors (Lipinski definition) is 2. The SMILES string of the molecule is C1=C(c2c[nH]cn2)Nc2cccc3cccc1c23. The molecular weight excluding hydrogens is 222 g/mol.